The Bertz CT molecular complexity index is 405. The van der Waals surface area contributed by atoms with E-state index in [9.17, 15) is 0 Å². The van der Waals surface area contributed by atoms with Gasteiger partial charge < -0.3 is 0 Å². The number of aryl methyl sites for hydroxylation is 2. The van der Waals surface area contributed by atoms with E-state index in [4.69, 9.17) is 0 Å². The third-order valence-corrected chi connectivity index (χ3v) is 1.64. The molecule has 2 aromatic rings. The molecule has 0 bridgehead atoms. The molecule has 0 saturated carbocycles. The standard InChI is InChI=1S/C7H9N5/c1-3-6-10-5(2)11-7-8-4-9-12(6)7/h4H,3H2,1-2H3. The van der Waals surface area contributed by atoms with Gasteiger partial charge in [-0.15, -0.1) is 0 Å². The van der Waals surface area contributed by atoms with Gasteiger partial charge in [0.2, 0.25) is 0 Å². The molecule has 0 N–H and O–H groups in total. The van der Waals surface area contributed by atoms with Crippen LogP contribution < -0.4 is 0 Å². The van der Waals surface area contributed by atoms with Gasteiger partial charge in [-0.3, -0.25) is 0 Å². The second-order valence-electron chi connectivity index (χ2n) is 2.51. The molecule has 0 radical (unpaired) electrons. The van der Waals surface area contributed by atoms with Gasteiger partial charge in [-0.2, -0.15) is 19.6 Å². The molecule has 62 valence electrons. The first-order chi connectivity index (χ1) is 5.81. The molecule has 2 rings (SSSR count). The molecule has 0 atom stereocenters. The Labute approximate surface area is 69.5 Å². The van der Waals surface area contributed by atoms with Crippen molar-refractivity contribution in [3.05, 3.63) is 18.0 Å². The molecule has 12 heavy (non-hydrogen) atoms. The van der Waals surface area contributed by atoms with E-state index in [0.717, 1.165) is 18.1 Å². The van der Waals surface area contributed by atoms with Crippen molar-refractivity contribution in [1.82, 2.24) is 24.6 Å². The average Bonchev–Trinajstić information content (AvgIpc) is 2.50. The van der Waals surface area contributed by atoms with Crippen molar-refractivity contribution < 1.29 is 0 Å². The summed E-state index contributed by atoms with van der Waals surface area (Å²) in [6.07, 6.45) is 2.33. The molecule has 2 aromatic heterocycles. The van der Waals surface area contributed by atoms with Crippen molar-refractivity contribution in [2.75, 3.05) is 0 Å². The lowest BCUT2D eigenvalue weighted by Crippen LogP contribution is -2.05. The normalized spacial score (nSPS) is 10.8. The van der Waals surface area contributed by atoms with Crippen LogP contribution in [0.5, 0.6) is 0 Å². The molecule has 5 nitrogen and oxygen atoms in total. The molecule has 5 heteroatoms. The highest BCUT2D eigenvalue weighted by Crippen LogP contribution is 1.99. The minimum Gasteiger partial charge on any atom is -0.218 e. The van der Waals surface area contributed by atoms with Gasteiger partial charge in [0.1, 0.15) is 18.0 Å². The molecule has 0 fully saturated rings. The number of rotatable bonds is 1. The van der Waals surface area contributed by atoms with Gasteiger partial charge >= 0.3 is 0 Å². The minimum absolute atomic E-state index is 0.624. The fourth-order valence-corrected chi connectivity index (χ4v) is 1.13. The molecule has 0 amide bonds. The van der Waals surface area contributed by atoms with Crippen LogP contribution in [0.25, 0.3) is 5.78 Å². The summed E-state index contributed by atoms with van der Waals surface area (Å²) < 4.78 is 1.66. The third-order valence-electron chi connectivity index (χ3n) is 1.64. The molecule has 0 aliphatic carbocycles. The summed E-state index contributed by atoms with van der Waals surface area (Å²) >= 11 is 0. The lowest BCUT2D eigenvalue weighted by Gasteiger charge is -1.99. The largest absolute Gasteiger partial charge is 0.255 e. The Morgan fingerprint density at radius 2 is 2.25 bits per heavy atom. The zero-order valence-corrected chi connectivity index (χ0v) is 7.02. The molecule has 0 aliphatic rings. The first kappa shape index (κ1) is 7.15. The smallest absolute Gasteiger partial charge is 0.218 e. The van der Waals surface area contributed by atoms with Gasteiger partial charge in [0.25, 0.3) is 5.78 Å². The van der Waals surface area contributed by atoms with E-state index in [0.29, 0.717) is 5.78 Å². The fourth-order valence-electron chi connectivity index (χ4n) is 1.13. The van der Waals surface area contributed by atoms with E-state index >= 15 is 0 Å². The van der Waals surface area contributed by atoms with Crippen molar-refractivity contribution in [3.8, 4) is 0 Å². The molecule has 0 saturated heterocycles. The lowest BCUT2D eigenvalue weighted by molar-refractivity contribution is 0.774. The quantitative estimate of drug-likeness (QED) is 0.610. The Morgan fingerprint density at radius 3 is 3.00 bits per heavy atom. The summed E-state index contributed by atoms with van der Waals surface area (Å²) in [4.78, 5) is 12.4. The van der Waals surface area contributed by atoms with Crippen LogP contribution in [0.4, 0.5) is 0 Å². The number of hydrogen-bond acceptors (Lipinski definition) is 4. The van der Waals surface area contributed by atoms with Crippen LogP contribution in [0.1, 0.15) is 18.6 Å². The second-order valence-corrected chi connectivity index (χ2v) is 2.51. The van der Waals surface area contributed by atoms with Gasteiger partial charge in [-0.25, -0.2) is 4.98 Å². The average molecular weight is 163 g/mol. The van der Waals surface area contributed by atoms with Crippen LogP contribution in [0.2, 0.25) is 0 Å². The summed E-state index contributed by atoms with van der Waals surface area (Å²) in [5.41, 5.74) is 0. The number of aromatic nitrogens is 5. The molecule has 0 aliphatic heterocycles. The molecule has 0 unspecified atom stereocenters. The van der Waals surface area contributed by atoms with Gasteiger partial charge in [0, 0.05) is 6.42 Å². The van der Waals surface area contributed by atoms with Gasteiger partial charge in [-0.05, 0) is 6.92 Å². The van der Waals surface area contributed by atoms with Crippen molar-refractivity contribution in [2.24, 2.45) is 0 Å². The predicted molar refractivity (Wildman–Crippen MR) is 42.7 cm³/mol. The second kappa shape index (κ2) is 2.51. The van der Waals surface area contributed by atoms with Crippen LogP contribution in [-0.2, 0) is 6.42 Å². The van der Waals surface area contributed by atoms with Crippen LogP contribution >= 0.6 is 0 Å². The maximum absolute atomic E-state index is 4.24. The van der Waals surface area contributed by atoms with Crippen LogP contribution in [0, 0.1) is 6.92 Å². The summed E-state index contributed by atoms with van der Waals surface area (Å²) in [5, 5.41) is 4.01. The highest BCUT2D eigenvalue weighted by Gasteiger charge is 2.03. The Balaban J connectivity index is 2.80. The highest BCUT2D eigenvalue weighted by atomic mass is 15.3. The Morgan fingerprint density at radius 1 is 1.42 bits per heavy atom. The van der Waals surface area contributed by atoms with Gasteiger partial charge in [-0.1, -0.05) is 6.92 Å². The molecule has 0 aromatic carbocycles. The first-order valence-electron chi connectivity index (χ1n) is 3.84. The van der Waals surface area contributed by atoms with E-state index in [1.165, 1.54) is 6.33 Å². The van der Waals surface area contributed by atoms with Crippen molar-refractivity contribution in [3.63, 3.8) is 0 Å². The summed E-state index contributed by atoms with van der Waals surface area (Å²) in [5.74, 6) is 2.27. The summed E-state index contributed by atoms with van der Waals surface area (Å²) in [6.45, 7) is 3.89. The van der Waals surface area contributed by atoms with Crippen molar-refractivity contribution >= 4 is 5.78 Å². The van der Waals surface area contributed by atoms with Gasteiger partial charge in [0.15, 0.2) is 0 Å². The predicted octanol–water partition coefficient (Wildman–Crippen LogP) is 0.390. The van der Waals surface area contributed by atoms with Crippen LogP contribution in [-0.4, -0.2) is 24.6 Å². The zero-order valence-electron chi connectivity index (χ0n) is 7.02. The highest BCUT2D eigenvalue weighted by molar-refractivity contribution is 5.25. The van der Waals surface area contributed by atoms with Crippen molar-refractivity contribution in [1.29, 1.82) is 0 Å². The number of hydrogen-bond donors (Lipinski definition) is 0. The molecule has 0 spiro atoms. The Kier molecular flexibility index (Phi) is 1.49. The molecular formula is C7H9N5. The van der Waals surface area contributed by atoms with Crippen LogP contribution in [0.15, 0.2) is 6.33 Å². The van der Waals surface area contributed by atoms with E-state index in [-0.39, 0.29) is 0 Å². The van der Waals surface area contributed by atoms with E-state index < -0.39 is 0 Å². The van der Waals surface area contributed by atoms with E-state index in [1.54, 1.807) is 4.52 Å². The lowest BCUT2D eigenvalue weighted by atomic mass is 10.4. The molecule has 2 heterocycles. The maximum Gasteiger partial charge on any atom is 0.255 e. The van der Waals surface area contributed by atoms with E-state index in [1.807, 2.05) is 13.8 Å². The third kappa shape index (κ3) is 0.939. The minimum atomic E-state index is 0.624. The summed E-state index contributed by atoms with van der Waals surface area (Å²) in [7, 11) is 0. The summed E-state index contributed by atoms with van der Waals surface area (Å²) in [6, 6.07) is 0. The maximum atomic E-state index is 4.24. The number of fused-ring (bicyclic) bond motifs is 1. The topological polar surface area (TPSA) is 56.0 Å². The monoisotopic (exact) mass is 163 g/mol. The van der Waals surface area contributed by atoms with Crippen LogP contribution in [0.3, 0.4) is 0 Å². The Hall–Kier alpha value is -1.52. The SMILES string of the molecule is CCc1nc(C)nc2ncnn12. The van der Waals surface area contributed by atoms with Gasteiger partial charge in [0.05, 0.1) is 0 Å². The number of nitrogens with zero attached hydrogens (tertiary/aromatic N) is 5. The van der Waals surface area contributed by atoms with E-state index in [2.05, 4.69) is 20.1 Å². The fraction of sp³-hybridized carbons (Fsp3) is 0.429. The zero-order chi connectivity index (χ0) is 8.55. The first-order valence-corrected chi connectivity index (χ1v) is 3.84. The van der Waals surface area contributed by atoms with Crippen molar-refractivity contribution in [2.45, 2.75) is 20.3 Å². The molecular weight excluding hydrogens is 154 g/mol.